The first-order valence-corrected chi connectivity index (χ1v) is 13.6. The molecule has 0 aromatic heterocycles. The minimum Gasteiger partial charge on any atom is -0.487 e. The maximum atomic E-state index is 13.0. The van der Waals surface area contributed by atoms with Crippen LogP contribution in [-0.2, 0) is 18.6 Å². The van der Waals surface area contributed by atoms with E-state index >= 15 is 0 Å². The van der Waals surface area contributed by atoms with Crippen molar-refractivity contribution in [3.05, 3.63) is 29.3 Å². The highest BCUT2D eigenvalue weighted by Gasteiger charge is 2.56. The number of fused-ring (bicyclic) bond motifs is 1. The first-order valence-electron chi connectivity index (χ1n) is 12.1. The second-order valence-corrected chi connectivity index (χ2v) is 12.0. The van der Waals surface area contributed by atoms with Crippen LogP contribution in [0.25, 0.3) is 0 Å². The Morgan fingerprint density at radius 2 is 2.00 bits per heavy atom. The Kier molecular flexibility index (Phi) is 7.77. The molecule has 3 rings (SSSR count). The van der Waals surface area contributed by atoms with E-state index < -0.39 is 24.6 Å². The summed E-state index contributed by atoms with van der Waals surface area (Å²) in [4.78, 5) is 33.3. The van der Waals surface area contributed by atoms with Crippen LogP contribution in [0.15, 0.2) is 18.2 Å². The van der Waals surface area contributed by atoms with Crippen LogP contribution in [0.4, 0.5) is 0 Å². The third kappa shape index (κ3) is 6.07. The largest absolute Gasteiger partial charge is 0.487 e. The average Bonchev–Trinajstić information content (AvgIpc) is 3.15. The molecule has 0 aliphatic carbocycles. The van der Waals surface area contributed by atoms with E-state index in [0.717, 1.165) is 12.0 Å². The third-order valence-corrected chi connectivity index (χ3v) is 7.93. The Morgan fingerprint density at radius 3 is 2.54 bits per heavy atom. The minimum absolute atomic E-state index is 0.0700. The maximum Gasteiger partial charge on any atom is 0.470 e. The van der Waals surface area contributed by atoms with E-state index in [4.69, 9.17) is 14.0 Å². The topological polar surface area (TPSA) is 129 Å². The normalized spacial score (nSPS) is 23.9. The Labute approximate surface area is 207 Å². The quantitative estimate of drug-likeness (QED) is 0.468. The van der Waals surface area contributed by atoms with E-state index in [0.29, 0.717) is 30.7 Å². The monoisotopic (exact) mass is 508 g/mol. The number of amides is 1. The number of hydrogen-bond donors (Lipinski definition) is 2. The molecule has 1 aromatic carbocycles. The summed E-state index contributed by atoms with van der Waals surface area (Å²) in [6.07, 6.45) is 2.11. The van der Waals surface area contributed by atoms with Crippen LogP contribution in [0.1, 0.15) is 84.4 Å². The van der Waals surface area contributed by atoms with E-state index in [1.54, 1.807) is 32.0 Å². The smallest absolute Gasteiger partial charge is 0.470 e. The van der Waals surface area contributed by atoms with Crippen LogP contribution in [0.5, 0.6) is 5.75 Å². The molecule has 1 saturated heterocycles. The molecule has 194 valence electrons. The number of rotatable bonds is 9. The van der Waals surface area contributed by atoms with E-state index in [1.807, 2.05) is 32.6 Å². The lowest BCUT2D eigenvalue weighted by Gasteiger charge is -2.54. The molecule has 0 unspecified atom stereocenters. The molecule has 0 saturated carbocycles. The zero-order valence-corrected chi connectivity index (χ0v) is 22.3. The molecule has 0 spiro atoms. The fourth-order valence-electron chi connectivity index (χ4n) is 5.54. The number of ether oxygens (including phenoxy) is 2. The van der Waals surface area contributed by atoms with Gasteiger partial charge in [0.25, 0.3) is 0 Å². The van der Waals surface area contributed by atoms with Gasteiger partial charge in [-0.15, -0.1) is 0 Å². The molecular formula is C25H37N2O7P. The Balaban J connectivity index is 1.99. The highest BCUT2D eigenvalue weighted by molar-refractivity contribution is 7.46. The van der Waals surface area contributed by atoms with Crippen molar-refractivity contribution in [2.45, 2.75) is 90.1 Å². The van der Waals surface area contributed by atoms with Gasteiger partial charge in [0.15, 0.2) is 0 Å². The number of likely N-dealkylation sites (tertiary alicyclic amines) is 1. The zero-order chi connectivity index (χ0) is 26.2. The summed E-state index contributed by atoms with van der Waals surface area (Å²) in [5, 5.41) is 9.53. The van der Waals surface area contributed by atoms with Crippen LogP contribution in [0.3, 0.4) is 0 Å². The van der Waals surface area contributed by atoms with E-state index in [1.165, 1.54) is 0 Å². The second-order valence-electron chi connectivity index (χ2n) is 10.8. The van der Waals surface area contributed by atoms with Crippen molar-refractivity contribution in [3.63, 3.8) is 0 Å². The molecule has 1 aromatic rings. The molecule has 1 amide bonds. The van der Waals surface area contributed by atoms with Gasteiger partial charge in [-0.1, -0.05) is 6.92 Å². The van der Waals surface area contributed by atoms with Gasteiger partial charge in [0.2, 0.25) is 5.91 Å². The highest BCUT2D eigenvalue weighted by Crippen LogP contribution is 2.53. The van der Waals surface area contributed by atoms with Gasteiger partial charge < -0.3 is 24.2 Å². The van der Waals surface area contributed by atoms with Crippen molar-refractivity contribution in [2.75, 3.05) is 13.2 Å². The molecule has 2 aliphatic rings. The van der Waals surface area contributed by atoms with Gasteiger partial charge in [0.1, 0.15) is 11.4 Å². The lowest BCUT2D eigenvalue weighted by molar-refractivity contribution is -0.173. The molecule has 35 heavy (non-hydrogen) atoms. The summed E-state index contributed by atoms with van der Waals surface area (Å²) in [6, 6.07) is 7.17. The SMILES string of the molecule is CC[C@@](C)(OCCC(C)(C)OP(=O)(O)O)[C@@H]1[C@@H](N2CCCC2=O)c2cc(C#N)ccc2OC1(C)C. The van der Waals surface area contributed by atoms with Gasteiger partial charge in [0, 0.05) is 18.5 Å². The molecule has 3 atom stereocenters. The predicted molar refractivity (Wildman–Crippen MR) is 130 cm³/mol. The molecule has 2 heterocycles. The Bertz CT molecular complexity index is 1040. The number of phosphoric ester groups is 1. The second kappa shape index (κ2) is 9.84. The van der Waals surface area contributed by atoms with Crippen LogP contribution < -0.4 is 4.74 Å². The fraction of sp³-hybridized carbons (Fsp3) is 0.680. The summed E-state index contributed by atoms with van der Waals surface area (Å²) in [5.41, 5.74) is -1.26. The molecule has 2 aliphatic heterocycles. The minimum atomic E-state index is -4.64. The standard InChI is InChI=1S/C25H37N2O7P/c1-7-25(6,32-14-12-23(2,3)34-35(29,30)31)22-21(27-13-8-9-20(27)28)18-15-17(16-26)10-11-19(18)33-24(22,4)5/h10-11,15,21-22H,7-9,12-14H2,1-6H3,(H2,29,30,31)/t21-,22+,25+/m0/s1. The van der Waals surface area contributed by atoms with Crippen LogP contribution >= 0.6 is 7.82 Å². The van der Waals surface area contributed by atoms with Crippen LogP contribution in [0, 0.1) is 17.2 Å². The van der Waals surface area contributed by atoms with Crippen LogP contribution in [0.2, 0.25) is 0 Å². The highest BCUT2D eigenvalue weighted by atomic mass is 31.2. The first-order chi connectivity index (χ1) is 16.1. The lowest BCUT2D eigenvalue weighted by atomic mass is 9.67. The number of nitriles is 1. The predicted octanol–water partition coefficient (Wildman–Crippen LogP) is 4.47. The molecule has 0 radical (unpaired) electrons. The summed E-state index contributed by atoms with van der Waals surface area (Å²) >= 11 is 0. The Hall–Kier alpha value is -1.95. The number of benzene rings is 1. The molecule has 1 fully saturated rings. The fourth-order valence-corrected chi connectivity index (χ4v) is 6.27. The van der Waals surface area contributed by atoms with E-state index in [2.05, 4.69) is 6.07 Å². The molecule has 9 nitrogen and oxygen atoms in total. The van der Waals surface area contributed by atoms with Gasteiger partial charge in [-0.2, -0.15) is 5.26 Å². The number of nitrogens with zero attached hydrogens (tertiary/aromatic N) is 2. The number of phosphoric acid groups is 1. The first kappa shape index (κ1) is 27.6. The zero-order valence-electron chi connectivity index (χ0n) is 21.4. The number of carbonyl (C=O) groups is 1. The lowest BCUT2D eigenvalue weighted by Crippen LogP contribution is -2.59. The molecular weight excluding hydrogens is 471 g/mol. The van der Waals surface area contributed by atoms with Crippen molar-refractivity contribution in [2.24, 2.45) is 5.92 Å². The van der Waals surface area contributed by atoms with Crippen LogP contribution in [-0.4, -0.2) is 50.5 Å². The van der Waals surface area contributed by atoms with Gasteiger partial charge >= 0.3 is 7.82 Å². The molecule has 2 N–H and O–H groups in total. The third-order valence-electron chi connectivity index (χ3n) is 7.20. The average molecular weight is 509 g/mol. The van der Waals surface area contributed by atoms with Crippen molar-refractivity contribution in [1.82, 2.24) is 4.90 Å². The van der Waals surface area contributed by atoms with Crippen molar-refractivity contribution >= 4 is 13.7 Å². The molecule has 10 heteroatoms. The van der Waals surface area contributed by atoms with E-state index in [-0.39, 0.29) is 30.9 Å². The van der Waals surface area contributed by atoms with Gasteiger partial charge in [-0.25, -0.2) is 4.57 Å². The van der Waals surface area contributed by atoms with Gasteiger partial charge in [0.05, 0.1) is 41.4 Å². The van der Waals surface area contributed by atoms with Gasteiger partial charge in [-0.3, -0.25) is 9.32 Å². The summed E-state index contributed by atoms with van der Waals surface area (Å²) in [6.45, 7) is 12.0. The maximum absolute atomic E-state index is 13.0. The van der Waals surface area contributed by atoms with Crippen molar-refractivity contribution < 1.29 is 33.1 Å². The number of hydrogen-bond acceptors (Lipinski definition) is 6. The Morgan fingerprint density at radius 1 is 1.31 bits per heavy atom. The van der Waals surface area contributed by atoms with Gasteiger partial charge in [-0.05, 0) is 72.1 Å². The summed E-state index contributed by atoms with van der Waals surface area (Å²) < 4.78 is 29.2. The summed E-state index contributed by atoms with van der Waals surface area (Å²) in [5.74, 6) is 0.444. The number of carbonyl (C=O) groups excluding carboxylic acids is 1. The van der Waals surface area contributed by atoms with Crippen molar-refractivity contribution in [3.8, 4) is 11.8 Å². The van der Waals surface area contributed by atoms with Crippen molar-refractivity contribution in [1.29, 1.82) is 5.26 Å². The van der Waals surface area contributed by atoms with E-state index in [9.17, 15) is 24.4 Å². The summed E-state index contributed by atoms with van der Waals surface area (Å²) in [7, 11) is -4.64. The molecule has 0 bridgehead atoms.